The van der Waals surface area contributed by atoms with Crippen molar-refractivity contribution in [2.24, 2.45) is 13.0 Å². The smallest absolute Gasteiger partial charge is 0.251 e. The maximum Gasteiger partial charge on any atom is 0.251 e. The Morgan fingerprint density at radius 3 is 2.71 bits per heavy atom. The van der Waals surface area contributed by atoms with Gasteiger partial charge in [0, 0.05) is 25.5 Å². The Hall–Kier alpha value is -2.17. The maximum atomic E-state index is 13.0. The highest BCUT2D eigenvalue weighted by Crippen LogP contribution is 2.32. The summed E-state index contributed by atoms with van der Waals surface area (Å²) in [4.78, 5) is 25.3. The van der Waals surface area contributed by atoms with Gasteiger partial charge in [0.25, 0.3) is 5.56 Å². The minimum atomic E-state index is -0.387. The lowest BCUT2D eigenvalue weighted by molar-refractivity contribution is -0.122. The molecule has 0 unspecified atom stereocenters. The van der Waals surface area contributed by atoms with E-state index >= 15 is 0 Å². The molecule has 3 rings (SSSR count). The van der Waals surface area contributed by atoms with Gasteiger partial charge < -0.3 is 4.57 Å². The van der Waals surface area contributed by atoms with E-state index in [0.717, 1.165) is 30.5 Å². The van der Waals surface area contributed by atoms with Crippen LogP contribution < -0.4 is 5.56 Å². The monoisotopic (exact) mass is 327 g/mol. The molecule has 1 aliphatic carbocycles. The first-order valence-corrected chi connectivity index (χ1v) is 8.73. The molecule has 5 heteroatoms. The topological polar surface area (TPSA) is 56.9 Å². The number of ketones is 1. The molecule has 1 saturated carbocycles. The first-order valence-electron chi connectivity index (χ1n) is 8.73. The van der Waals surface area contributed by atoms with Crippen LogP contribution >= 0.6 is 0 Å². The Labute approximate surface area is 142 Å². The summed E-state index contributed by atoms with van der Waals surface area (Å²) in [6, 6.07) is 4.84. The number of carbonyl (C=O) groups excluding carboxylic acids is 1. The van der Waals surface area contributed by atoms with Crippen molar-refractivity contribution in [1.82, 2.24) is 14.3 Å². The fraction of sp³-hybridized carbons (Fsp3) is 0.526. The fourth-order valence-corrected chi connectivity index (χ4v) is 3.67. The van der Waals surface area contributed by atoms with E-state index in [0.29, 0.717) is 5.92 Å². The van der Waals surface area contributed by atoms with Gasteiger partial charge in [-0.1, -0.05) is 31.7 Å². The highest BCUT2D eigenvalue weighted by Gasteiger charge is 2.27. The van der Waals surface area contributed by atoms with Crippen molar-refractivity contribution < 1.29 is 4.79 Å². The summed E-state index contributed by atoms with van der Waals surface area (Å²) in [7, 11) is 1.84. The van der Waals surface area contributed by atoms with Gasteiger partial charge in [0.1, 0.15) is 0 Å². The van der Waals surface area contributed by atoms with Gasteiger partial charge in [0.05, 0.1) is 18.2 Å². The van der Waals surface area contributed by atoms with Gasteiger partial charge in [-0.15, -0.1) is 0 Å². The SMILES string of the molecule is Cc1ccc(=O)n([C@@H](CC2CCCC2)C(=O)Cc2ccn(C)n2)c1. The maximum absolute atomic E-state index is 13.0. The highest BCUT2D eigenvalue weighted by atomic mass is 16.1. The predicted molar refractivity (Wildman–Crippen MR) is 93.0 cm³/mol. The Kier molecular flexibility index (Phi) is 4.97. The lowest BCUT2D eigenvalue weighted by Crippen LogP contribution is -2.31. The van der Waals surface area contributed by atoms with Crippen molar-refractivity contribution >= 4 is 5.78 Å². The second-order valence-corrected chi connectivity index (χ2v) is 6.98. The predicted octanol–water partition coefficient (Wildman–Crippen LogP) is 2.82. The molecule has 0 aromatic carbocycles. The van der Waals surface area contributed by atoms with Crippen molar-refractivity contribution in [3.63, 3.8) is 0 Å². The van der Waals surface area contributed by atoms with Crippen LogP contribution in [0, 0.1) is 12.8 Å². The summed E-state index contributed by atoms with van der Waals surface area (Å²) in [5.41, 5.74) is 1.66. The molecule has 0 saturated heterocycles. The largest absolute Gasteiger partial charge is 0.305 e. The summed E-state index contributed by atoms with van der Waals surface area (Å²) in [5.74, 6) is 0.614. The van der Waals surface area contributed by atoms with Gasteiger partial charge >= 0.3 is 0 Å². The number of hydrogen-bond acceptors (Lipinski definition) is 3. The zero-order valence-corrected chi connectivity index (χ0v) is 14.4. The molecule has 0 amide bonds. The molecule has 1 atom stereocenters. The number of rotatable bonds is 6. The Morgan fingerprint density at radius 1 is 1.29 bits per heavy atom. The summed E-state index contributed by atoms with van der Waals surface area (Å²) >= 11 is 0. The molecule has 0 radical (unpaired) electrons. The van der Waals surface area contributed by atoms with E-state index < -0.39 is 0 Å². The van der Waals surface area contributed by atoms with E-state index in [9.17, 15) is 9.59 Å². The first kappa shape index (κ1) is 16.7. The number of Topliss-reactive ketones (excluding diaryl/α,β-unsaturated/α-hetero) is 1. The number of pyridine rings is 1. The second-order valence-electron chi connectivity index (χ2n) is 6.98. The quantitative estimate of drug-likeness (QED) is 0.820. The molecule has 2 aromatic rings. The zero-order chi connectivity index (χ0) is 17.1. The van der Waals surface area contributed by atoms with Crippen molar-refractivity contribution in [2.75, 3.05) is 0 Å². The van der Waals surface area contributed by atoms with Crippen LogP contribution in [-0.4, -0.2) is 20.1 Å². The second kappa shape index (κ2) is 7.16. The van der Waals surface area contributed by atoms with E-state index in [1.807, 2.05) is 32.4 Å². The molecule has 5 nitrogen and oxygen atoms in total. The van der Waals surface area contributed by atoms with E-state index in [1.165, 1.54) is 12.8 Å². The Morgan fingerprint density at radius 2 is 2.04 bits per heavy atom. The molecular formula is C19H25N3O2. The average molecular weight is 327 g/mol. The van der Waals surface area contributed by atoms with E-state index in [-0.39, 0.29) is 23.8 Å². The summed E-state index contributed by atoms with van der Waals surface area (Å²) in [6.07, 6.45) is 9.48. The standard InChI is InChI=1S/C19H25N3O2/c1-14-7-8-19(24)22(13-14)17(11-15-5-3-4-6-15)18(23)12-16-9-10-21(2)20-16/h7-10,13,15,17H,3-6,11-12H2,1-2H3/t17-/m0/s1. The fourth-order valence-electron chi connectivity index (χ4n) is 3.67. The van der Waals surface area contributed by atoms with Crippen molar-refractivity contribution in [1.29, 1.82) is 0 Å². The molecule has 1 aliphatic rings. The lowest BCUT2D eigenvalue weighted by atomic mass is 9.93. The minimum Gasteiger partial charge on any atom is -0.305 e. The van der Waals surface area contributed by atoms with Gasteiger partial charge in [-0.3, -0.25) is 14.3 Å². The van der Waals surface area contributed by atoms with E-state index in [1.54, 1.807) is 21.4 Å². The van der Waals surface area contributed by atoms with Crippen LogP contribution in [0.1, 0.15) is 49.4 Å². The van der Waals surface area contributed by atoms with Crippen LogP contribution in [0.3, 0.4) is 0 Å². The zero-order valence-electron chi connectivity index (χ0n) is 14.4. The molecule has 0 bridgehead atoms. The average Bonchev–Trinajstić information content (AvgIpc) is 3.19. The molecular weight excluding hydrogens is 302 g/mol. The first-order chi connectivity index (χ1) is 11.5. The normalized spacial score (nSPS) is 16.4. The number of hydrogen-bond donors (Lipinski definition) is 0. The molecule has 0 N–H and O–H groups in total. The van der Waals surface area contributed by atoms with Crippen LogP contribution in [-0.2, 0) is 18.3 Å². The highest BCUT2D eigenvalue weighted by molar-refractivity contribution is 5.84. The number of aryl methyl sites for hydroxylation is 2. The minimum absolute atomic E-state index is 0.0771. The van der Waals surface area contributed by atoms with Gasteiger partial charge in [0.2, 0.25) is 0 Å². The van der Waals surface area contributed by atoms with Gasteiger partial charge in [-0.05, 0) is 30.9 Å². The van der Waals surface area contributed by atoms with E-state index in [4.69, 9.17) is 0 Å². The van der Waals surface area contributed by atoms with Crippen LogP contribution in [0.2, 0.25) is 0 Å². The molecule has 128 valence electrons. The molecule has 2 aromatic heterocycles. The number of aromatic nitrogens is 3. The van der Waals surface area contributed by atoms with Gasteiger partial charge in [-0.25, -0.2) is 0 Å². The summed E-state index contributed by atoms with van der Waals surface area (Å²) in [6.45, 7) is 1.95. The Bertz CT molecular complexity index is 769. The third-order valence-electron chi connectivity index (χ3n) is 4.95. The van der Waals surface area contributed by atoms with Crippen LogP contribution in [0.25, 0.3) is 0 Å². The number of nitrogens with zero attached hydrogens (tertiary/aromatic N) is 3. The van der Waals surface area contributed by atoms with Crippen LogP contribution in [0.5, 0.6) is 0 Å². The summed E-state index contributed by atoms with van der Waals surface area (Å²) < 4.78 is 3.34. The molecule has 0 aliphatic heterocycles. The molecule has 1 fully saturated rings. The Balaban J connectivity index is 1.87. The van der Waals surface area contributed by atoms with Crippen molar-refractivity contribution in [3.8, 4) is 0 Å². The van der Waals surface area contributed by atoms with Gasteiger partial charge in [0.15, 0.2) is 5.78 Å². The molecule has 24 heavy (non-hydrogen) atoms. The van der Waals surface area contributed by atoms with Crippen molar-refractivity contribution in [3.05, 3.63) is 52.2 Å². The summed E-state index contributed by atoms with van der Waals surface area (Å²) in [5, 5.41) is 4.31. The lowest BCUT2D eigenvalue weighted by Gasteiger charge is -2.22. The van der Waals surface area contributed by atoms with Crippen LogP contribution in [0.15, 0.2) is 35.4 Å². The molecule has 2 heterocycles. The van der Waals surface area contributed by atoms with Crippen LogP contribution in [0.4, 0.5) is 0 Å². The third-order valence-corrected chi connectivity index (χ3v) is 4.95. The molecule has 0 spiro atoms. The third kappa shape index (κ3) is 3.83. The van der Waals surface area contributed by atoms with Crippen molar-refractivity contribution in [2.45, 2.75) is 51.5 Å². The van der Waals surface area contributed by atoms with Gasteiger partial charge in [-0.2, -0.15) is 5.10 Å². The number of carbonyl (C=O) groups is 1. The van der Waals surface area contributed by atoms with E-state index in [2.05, 4.69) is 5.10 Å².